The van der Waals surface area contributed by atoms with Crippen molar-refractivity contribution in [3.8, 4) is 0 Å². The Labute approximate surface area is 166 Å². The van der Waals surface area contributed by atoms with E-state index in [0.29, 0.717) is 24.2 Å². The highest BCUT2D eigenvalue weighted by atomic mass is 16.3. The van der Waals surface area contributed by atoms with E-state index in [-0.39, 0.29) is 23.0 Å². The first-order chi connectivity index (χ1) is 12.7. The molecule has 0 aromatic carbocycles. The lowest BCUT2D eigenvalue weighted by Gasteiger charge is -2.55. The zero-order chi connectivity index (χ0) is 19.8. The van der Waals surface area contributed by atoms with Crippen molar-refractivity contribution in [2.75, 3.05) is 20.6 Å². The van der Waals surface area contributed by atoms with Crippen LogP contribution in [0.4, 0.5) is 0 Å². The van der Waals surface area contributed by atoms with E-state index >= 15 is 0 Å². The third kappa shape index (κ3) is 3.93. The van der Waals surface area contributed by atoms with Crippen LogP contribution in [0, 0.1) is 28.6 Å². The Bertz CT molecular complexity index is 571. The molecule has 7 atom stereocenters. The van der Waals surface area contributed by atoms with Gasteiger partial charge < -0.3 is 15.1 Å². The van der Waals surface area contributed by atoms with Crippen LogP contribution in [0.1, 0.15) is 65.2 Å². The molecule has 3 aliphatic carbocycles. The first-order valence-electron chi connectivity index (χ1n) is 11.0. The maximum Gasteiger partial charge on any atom is 0.0621 e. The summed E-state index contributed by atoms with van der Waals surface area (Å²) in [4.78, 5) is 2.20. The summed E-state index contributed by atoms with van der Waals surface area (Å²) in [6.45, 7) is 10.2. The Morgan fingerprint density at radius 1 is 1.07 bits per heavy atom. The van der Waals surface area contributed by atoms with Gasteiger partial charge in [0.15, 0.2) is 0 Å². The third-order valence-corrected chi connectivity index (χ3v) is 8.56. The summed E-state index contributed by atoms with van der Waals surface area (Å²) in [6, 6.07) is 0. The van der Waals surface area contributed by atoms with Crippen molar-refractivity contribution in [2.24, 2.45) is 28.6 Å². The van der Waals surface area contributed by atoms with Crippen molar-refractivity contribution in [1.29, 1.82) is 0 Å². The lowest BCUT2D eigenvalue weighted by Crippen LogP contribution is -2.52. The van der Waals surface area contributed by atoms with Crippen LogP contribution >= 0.6 is 0 Å². The van der Waals surface area contributed by atoms with E-state index < -0.39 is 0 Å². The molecule has 3 saturated carbocycles. The van der Waals surface area contributed by atoms with Crippen LogP contribution in [0.3, 0.4) is 0 Å². The van der Waals surface area contributed by atoms with Crippen LogP contribution in [-0.4, -0.2) is 48.0 Å². The molecule has 0 spiro atoms. The molecule has 3 nitrogen and oxygen atoms in total. The van der Waals surface area contributed by atoms with Gasteiger partial charge in [0.05, 0.1) is 12.2 Å². The van der Waals surface area contributed by atoms with Gasteiger partial charge in [-0.05, 0) is 94.0 Å². The van der Waals surface area contributed by atoms with Gasteiger partial charge >= 0.3 is 0 Å². The van der Waals surface area contributed by atoms with Crippen molar-refractivity contribution in [1.82, 2.24) is 4.90 Å². The maximum absolute atomic E-state index is 11.0. The van der Waals surface area contributed by atoms with Crippen LogP contribution in [-0.2, 0) is 0 Å². The third-order valence-electron chi connectivity index (χ3n) is 8.56. The molecule has 2 unspecified atom stereocenters. The fourth-order valence-corrected chi connectivity index (χ4v) is 6.60. The summed E-state index contributed by atoms with van der Waals surface area (Å²) in [6.07, 6.45) is 12.2. The molecule has 3 aliphatic rings. The van der Waals surface area contributed by atoms with Gasteiger partial charge in [0.2, 0.25) is 0 Å². The zero-order valence-corrected chi connectivity index (χ0v) is 18.0. The predicted octanol–water partition coefficient (Wildman–Crippen LogP) is 4.41. The van der Waals surface area contributed by atoms with Gasteiger partial charge in [0.25, 0.3) is 0 Å². The highest BCUT2D eigenvalue weighted by molar-refractivity contribution is 5.21. The molecular formula is C24H41NO2. The van der Waals surface area contributed by atoms with E-state index in [9.17, 15) is 10.2 Å². The van der Waals surface area contributed by atoms with Gasteiger partial charge in [-0.25, -0.2) is 0 Å². The Balaban J connectivity index is 1.85. The van der Waals surface area contributed by atoms with Crippen molar-refractivity contribution in [3.05, 3.63) is 24.3 Å². The number of fused-ring (bicyclic) bond motifs is 1. The lowest BCUT2D eigenvalue weighted by atomic mass is 9.50. The summed E-state index contributed by atoms with van der Waals surface area (Å²) >= 11 is 0. The number of allylic oxidation sites excluding steroid dienone is 2. The average Bonchev–Trinajstić information content (AvgIpc) is 2.90. The van der Waals surface area contributed by atoms with Gasteiger partial charge in [-0.2, -0.15) is 0 Å². The standard InChI is InChI=1S/C24H41NO2/c1-17-9-10-20-19(8-6-7-15-25(4)5)21(12-14-23(17,20)2)24(3)13-11-18(26)16-22(24)27/h6-7,18-22,26-27H,1,8-16H2,2-5H3/t18-,19+,20?,21?,22-,23-,24+/m1/s1. The molecule has 3 heteroatoms. The van der Waals surface area contributed by atoms with E-state index in [2.05, 4.69) is 51.6 Å². The number of aliphatic hydroxyl groups excluding tert-OH is 2. The molecule has 0 aliphatic heterocycles. The minimum Gasteiger partial charge on any atom is -0.393 e. The highest BCUT2D eigenvalue weighted by Crippen LogP contribution is 2.63. The Hall–Kier alpha value is -0.640. The second-order valence-electron chi connectivity index (χ2n) is 10.4. The van der Waals surface area contributed by atoms with Crippen LogP contribution < -0.4 is 0 Å². The number of nitrogens with zero attached hydrogens (tertiary/aromatic N) is 1. The first-order valence-corrected chi connectivity index (χ1v) is 11.0. The van der Waals surface area contributed by atoms with Crippen LogP contribution in [0.2, 0.25) is 0 Å². The Kier molecular flexibility index (Phi) is 6.25. The molecule has 0 heterocycles. The van der Waals surface area contributed by atoms with Gasteiger partial charge in [-0.15, -0.1) is 0 Å². The number of rotatable bonds is 5. The number of aliphatic hydroxyl groups is 2. The summed E-state index contributed by atoms with van der Waals surface area (Å²) < 4.78 is 0. The smallest absolute Gasteiger partial charge is 0.0621 e. The normalized spacial score (nSPS) is 45.6. The van der Waals surface area contributed by atoms with Crippen molar-refractivity contribution in [3.63, 3.8) is 0 Å². The topological polar surface area (TPSA) is 43.7 Å². The molecular weight excluding hydrogens is 334 g/mol. The van der Waals surface area contributed by atoms with Crippen LogP contribution in [0.5, 0.6) is 0 Å². The average molecular weight is 376 g/mol. The second kappa shape index (κ2) is 8.00. The minimum absolute atomic E-state index is 0.0649. The van der Waals surface area contributed by atoms with Crippen LogP contribution in [0.25, 0.3) is 0 Å². The SMILES string of the molecule is C=C1CCC2[C@H](CC=CCN(C)C)C([C@]3(C)CC[C@@H](O)C[C@H]3O)CC[C@]12C. The van der Waals surface area contributed by atoms with E-state index in [1.807, 2.05) is 0 Å². The van der Waals surface area contributed by atoms with Crippen molar-refractivity contribution >= 4 is 0 Å². The zero-order valence-electron chi connectivity index (χ0n) is 18.0. The molecule has 0 aromatic heterocycles. The molecule has 3 fully saturated rings. The summed E-state index contributed by atoms with van der Waals surface area (Å²) in [7, 11) is 4.22. The number of likely N-dealkylation sites (N-methyl/N-ethyl adjacent to an activating group) is 1. The molecule has 0 radical (unpaired) electrons. The molecule has 0 bridgehead atoms. The molecule has 0 amide bonds. The lowest BCUT2D eigenvalue weighted by molar-refractivity contribution is -0.118. The molecule has 154 valence electrons. The number of hydrogen-bond donors (Lipinski definition) is 2. The van der Waals surface area contributed by atoms with Crippen LogP contribution in [0.15, 0.2) is 24.3 Å². The van der Waals surface area contributed by atoms with Crippen molar-refractivity contribution < 1.29 is 10.2 Å². The second-order valence-corrected chi connectivity index (χ2v) is 10.4. The van der Waals surface area contributed by atoms with E-state index in [4.69, 9.17) is 0 Å². The molecule has 3 rings (SSSR count). The molecule has 0 saturated heterocycles. The Morgan fingerprint density at radius 3 is 2.48 bits per heavy atom. The predicted molar refractivity (Wildman–Crippen MR) is 112 cm³/mol. The summed E-state index contributed by atoms with van der Waals surface area (Å²) in [5, 5.41) is 21.0. The molecule has 2 N–H and O–H groups in total. The van der Waals surface area contributed by atoms with Gasteiger partial charge in [0, 0.05) is 6.54 Å². The van der Waals surface area contributed by atoms with Crippen molar-refractivity contribution in [2.45, 2.75) is 77.4 Å². The molecule has 27 heavy (non-hydrogen) atoms. The monoisotopic (exact) mass is 375 g/mol. The fraction of sp³-hybridized carbons (Fsp3) is 0.833. The minimum atomic E-state index is -0.381. The quantitative estimate of drug-likeness (QED) is 0.700. The van der Waals surface area contributed by atoms with E-state index in [1.165, 1.54) is 31.3 Å². The largest absolute Gasteiger partial charge is 0.393 e. The first kappa shape index (κ1) is 21.1. The number of hydrogen-bond acceptors (Lipinski definition) is 3. The molecule has 0 aromatic rings. The highest BCUT2D eigenvalue weighted by Gasteiger charge is 2.56. The summed E-state index contributed by atoms with van der Waals surface area (Å²) in [5.74, 6) is 1.83. The summed E-state index contributed by atoms with van der Waals surface area (Å²) in [5.41, 5.74) is 1.68. The Morgan fingerprint density at radius 2 is 1.81 bits per heavy atom. The van der Waals surface area contributed by atoms with E-state index in [1.54, 1.807) is 0 Å². The van der Waals surface area contributed by atoms with Gasteiger partial charge in [-0.3, -0.25) is 0 Å². The van der Waals surface area contributed by atoms with Gasteiger partial charge in [0.1, 0.15) is 0 Å². The van der Waals surface area contributed by atoms with E-state index in [0.717, 1.165) is 25.8 Å². The maximum atomic E-state index is 11.0. The van der Waals surface area contributed by atoms with Gasteiger partial charge in [-0.1, -0.05) is 38.2 Å². The fourth-order valence-electron chi connectivity index (χ4n) is 6.60.